The third-order valence-electron chi connectivity index (χ3n) is 4.35. The molecule has 1 unspecified atom stereocenters. The lowest BCUT2D eigenvalue weighted by molar-refractivity contribution is 0.104. The van der Waals surface area contributed by atoms with Crippen molar-refractivity contribution in [1.29, 1.82) is 0 Å². The van der Waals surface area contributed by atoms with Crippen molar-refractivity contribution in [3.8, 4) is 0 Å². The molecule has 0 aromatic heterocycles. The second-order valence-electron chi connectivity index (χ2n) is 5.81. The molecule has 3 aromatic rings. The van der Waals surface area contributed by atoms with Crippen molar-refractivity contribution in [2.45, 2.75) is 17.7 Å². The zero-order valence-electron chi connectivity index (χ0n) is 12.8. The van der Waals surface area contributed by atoms with E-state index in [9.17, 15) is 4.79 Å². The normalized spacial score (nSPS) is 18.3. The molecule has 1 aliphatic heterocycles. The van der Waals surface area contributed by atoms with E-state index in [4.69, 9.17) is 0 Å². The van der Waals surface area contributed by atoms with Crippen molar-refractivity contribution >= 4 is 28.3 Å². The van der Waals surface area contributed by atoms with Crippen LogP contribution >= 0.6 is 11.8 Å². The van der Waals surface area contributed by atoms with E-state index >= 15 is 0 Å². The largest absolute Gasteiger partial charge is 0.289 e. The summed E-state index contributed by atoms with van der Waals surface area (Å²) in [5.41, 5.74) is 2.06. The van der Waals surface area contributed by atoms with Crippen LogP contribution in [0.2, 0.25) is 0 Å². The molecule has 0 saturated carbocycles. The summed E-state index contributed by atoms with van der Waals surface area (Å²) >= 11 is 1.74. The monoisotopic (exact) mass is 316 g/mol. The highest BCUT2D eigenvalue weighted by Gasteiger charge is 2.26. The van der Waals surface area contributed by atoms with Gasteiger partial charge < -0.3 is 0 Å². The zero-order chi connectivity index (χ0) is 15.8. The Balaban J connectivity index is 1.74. The van der Waals surface area contributed by atoms with E-state index in [-0.39, 0.29) is 11.7 Å². The molecule has 0 aliphatic carbocycles. The predicted octanol–water partition coefficient (Wildman–Crippen LogP) is 5.82. The number of carbonyl (C=O) groups is 1. The molecular weight excluding hydrogens is 300 g/mol. The highest BCUT2D eigenvalue weighted by molar-refractivity contribution is 8.03. The number of ketones is 1. The van der Waals surface area contributed by atoms with Crippen LogP contribution in [0.5, 0.6) is 0 Å². The Labute approximate surface area is 140 Å². The van der Waals surface area contributed by atoms with Gasteiger partial charge in [-0.1, -0.05) is 85.4 Å². The van der Waals surface area contributed by atoms with E-state index in [1.165, 1.54) is 21.2 Å². The maximum absolute atomic E-state index is 12.5. The second kappa shape index (κ2) is 5.71. The molecule has 1 aliphatic rings. The molecule has 0 saturated heterocycles. The molecule has 0 N–H and O–H groups in total. The van der Waals surface area contributed by atoms with Crippen LogP contribution in [0.4, 0.5) is 0 Å². The number of benzene rings is 3. The van der Waals surface area contributed by atoms with Gasteiger partial charge in [0, 0.05) is 21.3 Å². The molecule has 4 rings (SSSR count). The van der Waals surface area contributed by atoms with Gasteiger partial charge in [-0.3, -0.25) is 4.79 Å². The average molecular weight is 316 g/mol. The third-order valence-corrected chi connectivity index (χ3v) is 5.72. The molecule has 0 spiro atoms. The first kappa shape index (κ1) is 14.3. The summed E-state index contributed by atoms with van der Waals surface area (Å²) in [6.07, 6.45) is 1.80. The first-order valence-corrected chi connectivity index (χ1v) is 8.56. The fourth-order valence-corrected chi connectivity index (χ4v) is 4.41. The second-order valence-corrected chi connectivity index (χ2v) is 6.89. The van der Waals surface area contributed by atoms with Crippen LogP contribution in [0, 0.1) is 0 Å². The molecular formula is C21H16OS. The van der Waals surface area contributed by atoms with Crippen molar-refractivity contribution in [1.82, 2.24) is 0 Å². The number of allylic oxidation sites excluding steroid dienone is 2. The molecule has 0 bridgehead atoms. The molecule has 3 aromatic carbocycles. The van der Waals surface area contributed by atoms with Gasteiger partial charge in [0.05, 0.1) is 0 Å². The fraction of sp³-hybridized carbons (Fsp3) is 0.0952. The standard InChI is InChI=1S/C21H16OS/c1-14-17-12-11-15-7-5-6-10-18(15)21(17)23-20(14)13-19(22)16-8-3-2-4-9-16/h2-14H,1H3. The maximum Gasteiger partial charge on any atom is 0.186 e. The molecule has 112 valence electrons. The number of fused-ring (bicyclic) bond motifs is 3. The van der Waals surface area contributed by atoms with Crippen LogP contribution in [-0.4, -0.2) is 5.78 Å². The minimum atomic E-state index is 0.0806. The maximum atomic E-state index is 12.5. The van der Waals surface area contributed by atoms with Crippen LogP contribution in [0.1, 0.15) is 28.8 Å². The Kier molecular flexibility index (Phi) is 3.55. The average Bonchev–Trinajstić information content (AvgIpc) is 2.92. The van der Waals surface area contributed by atoms with Gasteiger partial charge in [-0.05, 0) is 22.4 Å². The Morgan fingerprint density at radius 2 is 1.70 bits per heavy atom. The lowest BCUT2D eigenvalue weighted by atomic mass is 9.96. The van der Waals surface area contributed by atoms with Gasteiger partial charge >= 0.3 is 0 Å². The Morgan fingerprint density at radius 1 is 0.957 bits per heavy atom. The van der Waals surface area contributed by atoms with Crippen LogP contribution < -0.4 is 0 Å². The van der Waals surface area contributed by atoms with Gasteiger partial charge in [-0.2, -0.15) is 0 Å². The van der Waals surface area contributed by atoms with E-state index in [1.54, 1.807) is 17.8 Å². The molecule has 1 nitrogen and oxygen atoms in total. The molecule has 2 heteroatoms. The van der Waals surface area contributed by atoms with Crippen LogP contribution in [0.3, 0.4) is 0 Å². The first-order valence-electron chi connectivity index (χ1n) is 7.74. The van der Waals surface area contributed by atoms with E-state index in [0.717, 1.165) is 10.5 Å². The summed E-state index contributed by atoms with van der Waals surface area (Å²) in [5.74, 6) is 0.351. The molecule has 1 atom stereocenters. The summed E-state index contributed by atoms with van der Waals surface area (Å²) in [4.78, 5) is 14.9. The lowest BCUT2D eigenvalue weighted by Crippen LogP contribution is -1.97. The van der Waals surface area contributed by atoms with Crippen molar-refractivity contribution in [3.63, 3.8) is 0 Å². The minimum absolute atomic E-state index is 0.0806. The Morgan fingerprint density at radius 3 is 2.52 bits per heavy atom. The van der Waals surface area contributed by atoms with Crippen molar-refractivity contribution < 1.29 is 4.79 Å². The summed E-state index contributed by atoms with van der Waals surface area (Å²) in [6, 6.07) is 22.3. The van der Waals surface area contributed by atoms with Gasteiger partial charge in [-0.25, -0.2) is 0 Å². The van der Waals surface area contributed by atoms with Crippen molar-refractivity contribution in [2.75, 3.05) is 0 Å². The number of rotatable bonds is 2. The van der Waals surface area contributed by atoms with Crippen molar-refractivity contribution in [2.24, 2.45) is 0 Å². The molecule has 23 heavy (non-hydrogen) atoms. The predicted molar refractivity (Wildman–Crippen MR) is 97.1 cm³/mol. The van der Waals surface area contributed by atoms with Crippen LogP contribution in [0.15, 0.2) is 82.6 Å². The van der Waals surface area contributed by atoms with Gasteiger partial charge in [0.25, 0.3) is 0 Å². The number of hydrogen-bond donors (Lipinski definition) is 0. The van der Waals surface area contributed by atoms with E-state index in [2.05, 4.69) is 43.3 Å². The van der Waals surface area contributed by atoms with Crippen molar-refractivity contribution in [3.05, 3.63) is 88.8 Å². The highest BCUT2D eigenvalue weighted by atomic mass is 32.2. The SMILES string of the molecule is CC1C(=CC(=O)c2ccccc2)Sc2c1ccc1ccccc21. The van der Waals surface area contributed by atoms with Crippen LogP contribution in [-0.2, 0) is 0 Å². The Bertz CT molecular complexity index is 925. The summed E-state index contributed by atoms with van der Waals surface area (Å²) < 4.78 is 0. The first-order chi connectivity index (χ1) is 11.2. The Hall–Kier alpha value is -2.32. The lowest BCUT2D eigenvalue weighted by Gasteiger charge is -2.06. The van der Waals surface area contributed by atoms with E-state index < -0.39 is 0 Å². The number of thioether (sulfide) groups is 1. The topological polar surface area (TPSA) is 17.1 Å². The summed E-state index contributed by atoms with van der Waals surface area (Å²) in [6.45, 7) is 2.18. The smallest absolute Gasteiger partial charge is 0.186 e. The third kappa shape index (κ3) is 2.49. The van der Waals surface area contributed by atoms with Gasteiger partial charge in [-0.15, -0.1) is 0 Å². The number of carbonyl (C=O) groups excluding carboxylic acids is 1. The zero-order valence-corrected chi connectivity index (χ0v) is 13.6. The summed E-state index contributed by atoms with van der Waals surface area (Å²) in [5, 5.41) is 2.53. The minimum Gasteiger partial charge on any atom is -0.289 e. The van der Waals surface area contributed by atoms with Crippen LogP contribution in [0.25, 0.3) is 10.8 Å². The molecule has 1 heterocycles. The quantitative estimate of drug-likeness (QED) is 0.438. The van der Waals surface area contributed by atoms with E-state index in [0.29, 0.717) is 0 Å². The number of hydrogen-bond acceptors (Lipinski definition) is 2. The van der Waals surface area contributed by atoms with Gasteiger partial charge in [0.1, 0.15) is 0 Å². The molecule has 0 radical (unpaired) electrons. The summed E-state index contributed by atoms with van der Waals surface area (Å²) in [7, 11) is 0. The highest BCUT2D eigenvalue weighted by Crippen LogP contribution is 2.51. The van der Waals surface area contributed by atoms with Gasteiger partial charge in [0.2, 0.25) is 0 Å². The van der Waals surface area contributed by atoms with E-state index in [1.807, 2.05) is 30.3 Å². The fourth-order valence-electron chi connectivity index (χ4n) is 3.04. The molecule has 0 amide bonds. The molecule has 0 fully saturated rings. The van der Waals surface area contributed by atoms with Gasteiger partial charge in [0.15, 0.2) is 5.78 Å².